The van der Waals surface area contributed by atoms with Crippen LogP contribution in [-0.2, 0) is 9.53 Å². The zero-order valence-corrected chi connectivity index (χ0v) is 5.75. The van der Waals surface area contributed by atoms with Crippen molar-refractivity contribution in [3.8, 4) is 0 Å². The van der Waals surface area contributed by atoms with Crippen molar-refractivity contribution >= 4 is 5.91 Å². The molecule has 0 heterocycles. The fraction of sp³-hybridized carbons (Fsp3) is 0.667. The molecule has 0 saturated heterocycles. The number of amides is 1. The molecule has 0 aliphatic carbocycles. The third-order valence-corrected chi connectivity index (χ3v) is 0.843. The quantitative estimate of drug-likeness (QED) is 0.476. The van der Waals surface area contributed by atoms with Gasteiger partial charge in [0.15, 0.2) is 0 Å². The predicted molar refractivity (Wildman–Crippen MR) is 36.0 cm³/mol. The van der Waals surface area contributed by atoms with Crippen molar-refractivity contribution in [3.63, 3.8) is 0 Å². The minimum Gasteiger partial charge on any atom is -0.394 e. The van der Waals surface area contributed by atoms with Crippen molar-refractivity contribution in [2.24, 2.45) is 5.73 Å². The number of carbonyl (C=O) groups is 1. The van der Waals surface area contributed by atoms with Crippen LogP contribution in [-0.4, -0.2) is 30.8 Å². The second-order valence-electron chi connectivity index (χ2n) is 1.73. The molecule has 0 aromatic heterocycles. The number of aliphatic hydroxyl groups excluding tert-OH is 1. The molecule has 0 aliphatic heterocycles. The summed E-state index contributed by atoms with van der Waals surface area (Å²) in [7, 11) is 0. The van der Waals surface area contributed by atoms with Gasteiger partial charge in [0.2, 0.25) is 5.91 Å². The Bertz CT molecular complexity index is 95.0. The van der Waals surface area contributed by atoms with Crippen LogP contribution in [0.4, 0.5) is 0 Å². The molecule has 0 unspecified atom stereocenters. The maximum Gasteiger partial charge on any atom is 0.221 e. The van der Waals surface area contributed by atoms with Gasteiger partial charge < -0.3 is 15.6 Å². The lowest BCUT2D eigenvalue weighted by atomic mass is 10.3. The molecule has 0 atom stereocenters. The normalized spacial score (nSPS) is 9.70. The summed E-state index contributed by atoms with van der Waals surface area (Å²) in [6, 6.07) is 0. The van der Waals surface area contributed by atoms with Gasteiger partial charge in [-0.15, -0.1) is 0 Å². The van der Waals surface area contributed by atoms with Gasteiger partial charge in [0, 0.05) is 6.61 Å². The van der Waals surface area contributed by atoms with Gasteiger partial charge in [0.1, 0.15) is 0 Å². The Hall–Kier alpha value is -0.610. The lowest BCUT2D eigenvalue weighted by molar-refractivity contribution is -0.115. The molecule has 59 valence electrons. The summed E-state index contributed by atoms with van der Waals surface area (Å²) in [5.74, 6) is -0.437. The van der Waals surface area contributed by atoms with Crippen LogP contribution in [0, 0.1) is 6.42 Å². The van der Waals surface area contributed by atoms with E-state index in [0.717, 1.165) is 0 Å². The van der Waals surface area contributed by atoms with Crippen molar-refractivity contribution in [3.05, 3.63) is 6.42 Å². The van der Waals surface area contributed by atoms with E-state index in [1.807, 2.05) is 0 Å². The summed E-state index contributed by atoms with van der Waals surface area (Å²) < 4.78 is 4.84. The fourth-order valence-corrected chi connectivity index (χ4v) is 0.451. The monoisotopic (exact) mass is 146 g/mol. The van der Waals surface area contributed by atoms with E-state index in [1.54, 1.807) is 0 Å². The Morgan fingerprint density at radius 1 is 1.60 bits per heavy atom. The van der Waals surface area contributed by atoms with Crippen LogP contribution in [0.1, 0.15) is 6.42 Å². The zero-order valence-electron chi connectivity index (χ0n) is 5.75. The molecule has 0 aliphatic rings. The SMILES string of the molecule is NC(=O)[CH]CCOCCO. The second kappa shape index (κ2) is 6.51. The van der Waals surface area contributed by atoms with E-state index >= 15 is 0 Å². The van der Waals surface area contributed by atoms with E-state index in [9.17, 15) is 4.79 Å². The van der Waals surface area contributed by atoms with E-state index in [0.29, 0.717) is 19.6 Å². The highest BCUT2D eigenvalue weighted by molar-refractivity contribution is 5.82. The molecule has 4 nitrogen and oxygen atoms in total. The van der Waals surface area contributed by atoms with E-state index in [2.05, 4.69) is 0 Å². The molecule has 10 heavy (non-hydrogen) atoms. The molecule has 4 heteroatoms. The number of rotatable bonds is 6. The average Bonchev–Trinajstić information content (AvgIpc) is 1.87. The molecule has 0 fully saturated rings. The minimum absolute atomic E-state index is 0.0105. The Morgan fingerprint density at radius 3 is 2.80 bits per heavy atom. The molecular weight excluding hydrogens is 134 g/mol. The fourth-order valence-electron chi connectivity index (χ4n) is 0.451. The first kappa shape index (κ1) is 9.39. The molecule has 0 spiro atoms. The van der Waals surface area contributed by atoms with Crippen molar-refractivity contribution in [1.82, 2.24) is 0 Å². The molecule has 0 aromatic carbocycles. The van der Waals surface area contributed by atoms with Gasteiger partial charge in [-0.05, 0) is 6.42 Å². The van der Waals surface area contributed by atoms with Crippen LogP contribution in [0.25, 0.3) is 0 Å². The first-order chi connectivity index (χ1) is 4.77. The average molecular weight is 146 g/mol. The number of carbonyl (C=O) groups excluding carboxylic acids is 1. The highest BCUT2D eigenvalue weighted by Gasteiger charge is 1.93. The van der Waals surface area contributed by atoms with Gasteiger partial charge in [-0.25, -0.2) is 0 Å². The summed E-state index contributed by atoms with van der Waals surface area (Å²) in [6.07, 6.45) is 1.85. The van der Waals surface area contributed by atoms with Crippen LogP contribution in [0.15, 0.2) is 0 Å². The summed E-state index contributed by atoms with van der Waals surface area (Å²) in [6.45, 7) is 0.757. The molecule has 0 saturated carbocycles. The molecule has 0 bridgehead atoms. The Morgan fingerprint density at radius 2 is 2.30 bits per heavy atom. The van der Waals surface area contributed by atoms with Crippen LogP contribution in [0.5, 0.6) is 0 Å². The van der Waals surface area contributed by atoms with Crippen molar-refractivity contribution < 1.29 is 14.6 Å². The highest BCUT2D eigenvalue weighted by atomic mass is 16.5. The molecule has 1 amide bonds. The summed E-state index contributed by atoms with van der Waals surface area (Å²) in [5.41, 5.74) is 4.81. The number of hydrogen-bond donors (Lipinski definition) is 2. The summed E-state index contributed by atoms with van der Waals surface area (Å²) >= 11 is 0. The van der Waals surface area contributed by atoms with E-state index in [1.165, 1.54) is 6.42 Å². The molecular formula is C6H12NO3. The maximum absolute atomic E-state index is 10.1. The van der Waals surface area contributed by atoms with Crippen molar-refractivity contribution in [2.45, 2.75) is 6.42 Å². The van der Waals surface area contributed by atoms with E-state index in [4.69, 9.17) is 15.6 Å². The van der Waals surface area contributed by atoms with Gasteiger partial charge in [0.05, 0.1) is 19.6 Å². The number of primary amides is 1. The van der Waals surface area contributed by atoms with Crippen molar-refractivity contribution in [2.75, 3.05) is 19.8 Å². The van der Waals surface area contributed by atoms with Gasteiger partial charge in [-0.1, -0.05) is 0 Å². The Kier molecular flexibility index (Phi) is 6.11. The standard InChI is InChI=1S/C6H12NO3/c7-6(9)2-1-4-10-5-3-8/h2,8H,1,3-5H2,(H2,7,9). The predicted octanol–water partition coefficient (Wildman–Crippen LogP) is -0.925. The Balaban J connectivity index is 2.84. The lowest BCUT2D eigenvalue weighted by Crippen LogP contribution is -2.12. The molecule has 1 radical (unpaired) electrons. The minimum atomic E-state index is -0.437. The maximum atomic E-state index is 10.1. The molecule has 0 aromatic rings. The Labute approximate surface area is 60.0 Å². The third kappa shape index (κ3) is 7.39. The van der Waals surface area contributed by atoms with Gasteiger partial charge in [-0.2, -0.15) is 0 Å². The van der Waals surface area contributed by atoms with Gasteiger partial charge in [-0.3, -0.25) is 4.79 Å². The number of aliphatic hydroxyl groups is 1. The summed E-state index contributed by atoms with van der Waals surface area (Å²) in [4.78, 5) is 10.1. The van der Waals surface area contributed by atoms with Gasteiger partial charge in [0.25, 0.3) is 0 Å². The molecule has 3 N–H and O–H groups in total. The van der Waals surface area contributed by atoms with Gasteiger partial charge >= 0.3 is 0 Å². The molecule has 0 rings (SSSR count). The highest BCUT2D eigenvalue weighted by Crippen LogP contribution is 1.86. The number of nitrogens with two attached hydrogens (primary N) is 1. The van der Waals surface area contributed by atoms with E-state index in [-0.39, 0.29) is 6.61 Å². The van der Waals surface area contributed by atoms with Crippen molar-refractivity contribution in [1.29, 1.82) is 0 Å². The summed E-state index contributed by atoms with van der Waals surface area (Å²) in [5, 5.41) is 8.25. The smallest absolute Gasteiger partial charge is 0.221 e. The zero-order chi connectivity index (χ0) is 7.82. The number of hydrogen-bond acceptors (Lipinski definition) is 3. The van der Waals surface area contributed by atoms with Crippen LogP contribution >= 0.6 is 0 Å². The lowest BCUT2D eigenvalue weighted by Gasteiger charge is -1.98. The number of ether oxygens (including phenoxy) is 1. The topological polar surface area (TPSA) is 72.6 Å². The van der Waals surface area contributed by atoms with Crippen LogP contribution < -0.4 is 5.73 Å². The largest absolute Gasteiger partial charge is 0.394 e. The van der Waals surface area contributed by atoms with E-state index < -0.39 is 5.91 Å². The first-order valence-corrected chi connectivity index (χ1v) is 3.08. The van der Waals surface area contributed by atoms with Crippen LogP contribution in [0.2, 0.25) is 0 Å². The van der Waals surface area contributed by atoms with Crippen LogP contribution in [0.3, 0.4) is 0 Å². The third-order valence-electron chi connectivity index (χ3n) is 0.843. The second-order valence-corrected chi connectivity index (χ2v) is 1.73. The first-order valence-electron chi connectivity index (χ1n) is 3.08.